The van der Waals surface area contributed by atoms with E-state index >= 15 is 0 Å². The number of aromatic nitrogens is 3. The fourth-order valence-electron chi connectivity index (χ4n) is 3.45. The van der Waals surface area contributed by atoms with E-state index in [1.165, 1.54) is 12.5 Å². The van der Waals surface area contributed by atoms with E-state index in [-0.39, 0.29) is 29.9 Å². The maximum atomic E-state index is 12.6. The van der Waals surface area contributed by atoms with Crippen molar-refractivity contribution in [2.24, 2.45) is 5.92 Å². The average molecular weight is 385 g/mol. The van der Waals surface area contributed by atoms with Crippen LogP contribution in [0.1, 0.15) is 48.7 Å². The lowest BCUT2D eigenvalue weighted by molar-refractivity contribution is -0.128. The third-order valence-corrected chi connectivity index (χ3v) is 4.97. The lowest BCUT2D eigenvalue weighted by atomic mass is 9.83. The molecule has 3 N–H and O–H groups in total. The third-order valence-electron chi connectivity index (χ3n) is 4.97. The number of carbonyl (C=O) groups is 2. The molecule has 0 aromatic carbocycles. The molecule has 2 amide bonds. The predicted molar refractivity (Wildman–Crippen MR) is 103 cm³/mol. The second-order valence-electron chi connectivity index (χ2n) is 7.04. The van der Waals surface area contributed by atoms with Gasteiger partial charge in [0.1, 0.15) is 5.69 Å². The van der Waals surface area contributed by atoms with Gasteiger partial charge in [0.2, 0.25) is 5.91 Å². The zero-order chi connectivity index (χ0) is 19.8. The number of pyridine rings is 1. The molecule has 1 saturated carbocycles. The Labute approximate surface area is 164 Å². The second-order valence-corrected chi connectivity index (χ2v) is 7.04. The fraction of sp³-hybridized carbons (Fsp3) is 0.500. The molecule has 1 fully saturated rings. The highest BCUT2D eigenvalue weighted by Gasteiger charge is 2.35. The number of H-pyrrole nitrogens is 1. The Hall–Kier alpha value is -2.74. The van der Waals surface area contributed by atoms with E-state index in [2.05, 4.69) is 25.6 Å². The van der Waals surface area contributed by atoms with Gasteiger partial charge in [-0.15, -0.1) is 0 Å². The SMILES string of the molecule is CCCO[C@@H]1C[C@@H](C(=O)NCc2ccncc2)CC[C@H]1NC(=O)c1cnc[nH]1. The van der Waals surface area contributed by atoms with Crippen LogP contribution in [0.2, 0.25) is 0 Å². The van der Waals surface area contributed by atoms with E-state index in [0.29, 0.717) is 38.1 Å². The highest BCUT2D eigenvalue weighted by Crippen LogP contribution is 2.27. The van der Waals surface area contributed by atoms with Crippen LogP contribution in [0.25, 0.3) is 0 Å². The number of imidazole rings is 1. The van der Waals surface area contributed by atoms with E-state index in [9.17, 15) is 9.59 Å². The summed E-state index contributed by atoms with van der Waals surface area (Å²) in [6.07, 6.45) is 9.10. The van der Waals surface area contributed by atoms with Crippen LogP contribution in [0.5, 0.6) is 0 Å². The monoisotopic (exact) mass is 385 g/mol. The first-order chi connectivity index (χ1) is 13.7. The maximum absolute atomic E-state index is 12.6. The highest BCUT2D eigenvalue weighted by molar-refractivity contribution is 5.92. The molecule has 0 saturated heterocycles. The molecular weight excluding hydrogens is 358 g/mol. The van der Waals surface area contributed by atoms with Crippen LogP contribution in [0.15, 0.2) is 37.1 Å². The number of nitrogens with one attached hydrogen (secondary N) is 3. The van der Waals surface area contributed by atoms with Crippen LogP contribution < -0.4 is 10.6 Å². The van der Waals surface area contributed by atoms with Crippen molar-refractivity contribution in [3.8, 4) is 0 Å². The molecule has 1 aliphatic carbocycles. The van der Waals surface area contributed by atoms with Crippen LogP contribution in [0, 0.1) is 5.92 Å². The lowest BCUT2D eigenvalue weighted by Crippen LogP contribution is -2.50. The van der Waals surface area contributed by atoms with Crippen LogP contribution in [0.3, 0.4) is 0 Å². The molecule has 1 aliphatic rings. The second kappa shape index (κ2) is 9.98. The Morgan fingerprint density at radius 3 is 2.79 bits per heavy atom. The Balaban J connectivity index is 1.56. The van der Waals surface area contributed by atoms with Crippen LogP contribution in [-0.2, 0) is 16.1 Å². The Morgan fingerprint density at radius 1 is 1.25 bits per heavy atom. The summed E-state index contributed by atoms with van der Waals surface area (Å²) in [5, 5.41) is 6.02. The van der Waals surface area contributed by atoms with E-state index in [4.69, 9.17) is 4.74 Å². The van der Waals surface area contributed by atoms with Crippen molar-refractivity contribution in [2.45, 2.75) is 51.3 Å². The first-order valence-electron chi connectivity index (χ1n) is 9.74. The highest BCUT2D eigenvalue weighted by atomic mass is 16.5. The van der Waals surface area contributed by atoms with Crippen molar-refractivity contribution in [3.05, 3.63) is 48.3 Å². The van der Waals surface area contributed by atoms with Gasteiger partial charge in [-0.1, -0.05) is 6.92 Å². The Kier molecular flexibility index (Phi) is 7.13. The van der Waals surface area contributed by atoms with Crippen molar-refractivity contribution >= 4 is 11.8 Å². The molecule has 0 aliphatic heterocycles. The summed E-state index contributed by atoms with van der Waals surface area (Å²) in [4.78, 5) is 35.6. The molecule has 0 radical (unpaired) electrons. The van der Waals surface area contributed by atoms with Gasteiger partial charge in [0, 0.05) is 31.5 Å². The largest absolute Gasteiger partial charge is 0.376 e. The van der Waals surface area contributed by atoms with Crippen LogP contribution >= 0.6 is 0 Å². The maximum Gasteiger partial charge on any atom is 0.269 e. The molecule has 8 nitrogen and oxygen atoms in total. The number of aromatic amines is 1. The van der Waals surface area contributed by atoms with Gasteiger partial charge in [-0.25, -0.2) is 4.98 Å². The Bertz CT molecular complexity index is 750. The number of amides is 2. The quantitative estimate of drug-likeness (QED) is 0.642. The van der Waals surface area contributed by atoms with Gasteiger partial charge in [-0.05, 0) is 43.4 Å². The van der Waals surface area contributed by atoms with E-state index < -0.39 is 0 Å². The molecule has 2 heterocycles. The van der Waals surface area contributed by atoms with Crippen molar-refractivity contribution < 1.29 is 14.3 Å². The summed E-state index contributed by atoms with van der Waals surface area (Å²) in [7, 11) is 0. The number of nitrogens with zero attached hydrogens (tertiary/aromatic N) is 2. The molecule has 0 unspecified atom stereocenters. The van der Waals surface area contributed by atoms with Gasteiger partial charge in [0.05, 0.1) is 24.7 Å². The molecule has 0 bridgehead atoms. The molecule has 2 aromatic heterocycles. The Morgan fingerprint density at radius 2 is 2.07 bits per heavy atom. The first kappa shape index (κ1) is 20.0. The summed E-state index contributed by atoms with van der Waals surface area (Å²) < 4.78 is 5.98. The van der Waals surface area contributed by atoms with Crippen LogP contribution in [-0.4, -0.2) is 45.5 Å². The van der Waals surface area contributed by atoms with Crippen molar-refractivity contribution in [1.29, 1.82) is 0 Å². The van der Waals surface area contributed by atoms with Crippen molar-refractivity contribution in [1.82, 2.24) is 25.6 Å². The van der Waals surface area contributed by atoms with Gasteiger partial charge in [0.25, 0.3) is 5.91 Å². The number of rotatable bonds is 8. The molecule has 28 heavy (non-hydrogen) atoms. The fourth-order valence-corrected chi connectivity index (χ4v) is 3.45. The topological polar surface area (TPSA) is 109 Å². The summed E-state index contributed by atoms with van der Waals surface area (Å²) in [5.41, 5.74) is 1.44. The van der Waals surface area contributed by atoms with Gasteiger partial charge in [-0.3, -0.25) is 14.6 Å². The van der Waals surface area contributed by atoms with Crippen molar-refractivity contribution in [2.75, 3.05) is 6.61 Å². The normalized spacial score (nSPS) is 21.8. The third kappa shape index (κ3) is 5.39. The minimum Gasteiger partial charge on any atom is -0.376 e. The zero-order valence-corrected chi connectivity index (χ0v) is 16.1. The predicted octanol–water partition coefficient (Wildman–Crippen LogP) is 1.81. The van der Waals surface area contributed by atoms with Gasteiger partial charge >= 0.3 is 0 Å². The minimum atomic E-state index is -0.201. The molecular formula is C20H27N5O3. The number of hydrogen-bond donors (Lipinski definition) is 3. The minimum absolute atomic E-state index is 0.0280. The number of ether oxygens (including phenoxy) is 1. The smallest absolute Gasteiger partial charge is 0.269 e. The van der Waals surface area contributed by atoms with Crippen LogP contribution in [0.4, 0.5) is 0 Å². The van der Waals surface area contributed by atoms with E-state index in [1.54, 1.807) is 12.4 Å². The number of hydrogen-bond acceptors (Lipinski definition) is 5. The van der Waals surface area contributed by atoms with Crippen molar-refractivity contribution in [3.63, 3.8) is 0 Å². The van der Waals surface area contributed by atoms with E-state index in [0.717, 1.165) is 12.0 Å². The molecule has 3 rings (SSSR count). The van der Waals surface area contributed by atoms with Gasteiger partial charge in [0.15, 0.2) is 0 Å². The standard InChI is InChI=1S/C20H27N5O3/c1-2-9-28-18-10-15(19(26)23-11-14-5-7-21-8-6-14)3-4-16(18)25-20(27)17-12-22-13-24-17/h5-8,12-13,15-16,18H,2-4,9-11H2,1H3,(H,22,24)(H,23,26)(H,25,27)/t15-,16+,18+/m0/s1. The number of carbonyl (C=O) groups excluding carboxylic acids is 2. The molecule has 150 valence electrons. The van der Waals surface area contributed by atoms with E-state index in [1.807, 2.05) is 19.1 Å². The molecule has 3 atom stereocenters. The molecule has 0 spiro atoms. The summed E-state index contributed by atoms with van der Waals surface area (Å²) >= 11 is 0. The summed E-state index contributed by atoms with van der Waals surface area (Å²) in [6, 6.07) is 3.65. The van der Waals surface area contributed by atoms with Gasteiger partial charge < -0.3 is 20.4 Å². The molecule has 2 aromatic rings. The molecule has 8 heteroatoms. The summed E-state index contributed by atoms with van der Waals surface area (Å²) in [6.45, 7) is 3.13. The zero-order valence-electron chi connectivity index (χ0n) is 16.1. The average Bonchev–Trinajstić information content (AvgIpc) is 3.27. The summed E-state index contributed by atoms with van der Waals surface area (Å²) in [5.74, 6) is -0.294. The van der Waals surface area contributed by atoms with Gasteiger partial charge in [-0.2, -0.15) is 0 Å². The first-order valence-corrected chi connectivity index (χ1v) is 9.74. The lowest BCUT2D eigenvalue weighted by Gasteiger charge is -2.35.